The van der Waals surface area contributed by atoms with Crippen LogP contribution in [0.5, 0.6) is 0 Å². The largest absolute Gasteiger partial charge is 0.393 e. The topological polar surface area (TPSA) is 37.3 Å². The summed E-state index contributed by atoms with van der Waals surface area (Å²) in [6.45, 7) is 2.18. The Bertz CT molecular complexity index is 165. The maximum atomic E-state index is 11.3. The molecule has 0 saturated heterocycles. The van der Waals surface area contributed by atoms with Gasteiger partial charge in [0.25, 0.3) is 0 Å². The highest BCUT2D eigenvalue weighted by atomic mass is 16.3. The standard InChI is InChI=1S/C11H20O2/c1-2-3-4-5-6-9-7-10(12)8-11(9)13/h9-10,12H,2-8H2,1H3. The number of carbonyl (C=O) groups is 1. The van der Waals surface area contributed by atoms with Gasteiger partial charge in [0.15, 0.2) is 0 Å². The van der Waals surface area contributed by atoms with Crippen LogP contribution in [0.3, 0.4) is 0 Å². The summed E-state index contributed by atoms with van der Waals surface area (Å²) < 4.78 is 0. The minimum atomic E-state index is -0.344. The summed E-state index contributed by atoms with van der Waals surface area (Å²) in [5.41, 5.74) is 0. The normalized spacial score (nSPS) is 28.3. The lowest BCUT2D eigenvalue weighted by Gasteiger charge is -2.06. The van der Waals surface area contributed by atoms with Gasteiger partial charge in [0.1, 0.15) is 5.78 Å². The van der Waals surface area contributed by atoms with Crippen molar-refractivity contribution in [2.75, 3.05) is 0 Å². The quantitative estimate of drug-likeness (QED) is 0.666. The molecule has 1 fully saturated rings. The third-order valence-electron chi connectivity index (χ3n) is 2.85. The van der Waals surface area contributed by atoms with Crippen molar-refractivity contribution in [3.63, 3.8) is 0 Å². The molecule has 0 aromatic rings. The van der Waals surface area contributed by atoms with Gasteiger partial charge in [0, 0.05) is 12.3 Å². The van der Waals surface area contributed by atoms with Gasteiger partial charge in [-0.2, -0.15) is 0 Å². The highest BCUT2D eigenvalue weighted by Crippen LogP contribution is 2.26. The van der Waals surface area contributed by atoms with Crippen LogP contribution in [0.2, 0.25) is 0 Å². The Kier molecular flexibility index (Phi) is 4.43. The molecule has 13 heavy (non-hydrogen) atoms. The van der Waals surface area contributed by atoms with E-state index in [-0.39, 0.29) is 17.8 Å². The molecular weight excluding hydrogens is 164 g/mol. The van der Waals surface area contributed by atoms with Crippen LogP contribution < -0.4 is 0 Å². The van der Waals surface area contributed by atoms with Crippen molar-refractivity contribution in [3.8, 4) is 0 Å². The fourth-order valence-corrected chi connectivity index (χ4v) is 2.04. The fourth-order valence-electron chi connectivity index (χ4n) is 2.04. The maximum Gasteiger partial charge on any atom is 0.138 e. The number of ketones is 1. The van der Waals surface area contributed by atoms with Gasteiger partial charge in [-0.25, -0.2) is 0 Å². The van der Waals surface area contributed by atoms with E-state index in [1.54, 1.807) is 0 Å². The van der Waals surface area contributed by atoms with Crippen LogP contribution in [0, 0.1) is 5.92 Å². The van der Waals surface area contributed by atoms with E-state index in [1.807, 2.05) is 0 Å². The van der Waals surface area contributed by atoms with Crippen LogP contribution in [0.25, 0.3) is 0 Å². The van der Waals surface area contributed by atoms with Gasteiger partial charge in [-0.1, -0.05) is 32.6 Å². The SMILES string of the molecule is CCCCCCC1CC(O)CC1=O. The number of rotatable bonds is 5. The van der Waals surface area contributed by atoms with Gasteiger partial charge in [-0.15, -0.1) is 0 Å². The molecule has 0 bridgehead atoms. The lowest BCUT2D eigenvalue weighted by atomic mass is 9.98. The molecule has 0 amide bonds. The van der Waals surface area contributed by atoms with E-state index < -0.39 is 0 Å². The van der Waals surface area contributed by atoms with Crippen LogP contribution in [0.15, 0.2) is 0 Å². The molecular formula is C11H20O2. The number of aliphatic hydroxyl groups is 1. The van der Waals surface area contributed by atoms with Crippen LogP contribution >= 0.6 is 0 Å². The maximum absolute atomic E-state index is 11.3. The first-order valence-corrected chi connectivity index (χ1v) is 5.44. The summed E-state index contributed by atoms with van der Waals surface area (Å²) >= 11 is 0. The van der Waals surface area contributed by atoms with Crippen molar-refractivity contribution < 1.29 is 9.90 Å². The molecule has 1 aliphatic carbocycles. The Morgan fingerprint density at radius 3 is 2.69 bits per heavy atom. The highest BCUT2D eigenvalue weighted by molar-refractivity contribution is 5.83. The molecule has 2 unspecified atom stereocenters. The summed E-state index contributed by atoms with van der Waals surface area (Å²) in [6, 6.07) is 0. The molecule has 1 aliphatic rings. The van der Waals surface area contributed by atoms with Crippen molar-refractivity contribution in [2.45, 2.75) is 58.0 Å². The fraction of sp³-hybridized carbons (Fsp3) is 0.909. The summed E-state index contributed by atoms with van der Waals surface area (Å²) in [5.74, 6) is 0.454. The van der Waals surface area contributed by atoms with Crippen LogP contribution in [0.1, 0.15) is 51.9 Å². The summed E-state index contributed by atoms with van der Waals surface area (Å²) in [4.78, 5) is 11.3. The van der Waals surface area contributed by atoms with E-state index in [0.717, 1.165) is 12.8 Å². The zero-order valence-corrected chi connectivity index (χ0v) is 8.46. The molecule has 0 spiro atoms. The zero-order chi connectivity index (χ0) is 9.68. The lowest BCUT2D eigenvalue weighted by molar-refractivity contribution is -0.121. The Hall–Kier alpha value is -0.370. The van der Waals surface area contributed by atoms with E-state index in [9.17, 15) is 9.90 Å². The Labute approximate surface area is 80.3 Å². The Balaban J connectivity index is 2.11. The number of Topliss-reactive ketones (excluding diaryl/α,β-unsaturated/α-hetero) is 1. The predicted molar refractivity (Wildman–Crippen MR) is 52.5 cm³/mol. The first-order valence-electron chi connectivity index (χ1n) is 5.44. The first-order chi connectivity index (χ1) is 6.24. The van der Waals surface area contributed by atoms with Gasteiger partial charge in [-0.3, -0.25) is 4.79 Å². The van der Waals surface area contributed by atoms with Crippen LogP contribution in [-0.4, -0.2) is 17.0 Å². The van der Waals surface area contributed by atoms with Crippen molar-refractivity contribution >= 4 is 5.78 Å². The molecule has 0 aromatic carbocycles. The van der Waals surface area contributed by atoms with E-state index in [2.05, 4.69) is 6.92 Å². The van der Waals surface area contributed by atoms with Crippen molar-refractivity contribution in [3.05, 3.63) is 0 Å². The van der Waals surface area contributed by atoms with Gasteiger partial charge >= 0.3 is 0 Å². The molecule has 0 heterocycles. The monoisotopic (exact) mass is 184 g/mol. The highest BCUT2D eigenvalue weighted by Gasteiger charge is 2.30. The predicted octanol–water partition coefficient (Wildman–Crippen LogP) is 2.30. The molecule has 2 heteroatoms. The summed E-state index contributed by atoms with van der Waals surface area (Å²) in [7, 11) is 0. The number of carbonyl (C=O) groups excluding carboxylic acids is 1. The second-order valence-electron chi connectivity index (χ2n) is 4.11. The molecule has 0 radical (unpaired) electrons. The lowest BCUT2D eigenvalue weighted by Crippen LogP contribution is -2.05. The molecule has 2 nitrogen and oxygen atoms in total. The van der Waals surface area contributed by atoms with Crippen LogP contribution in [0.4, 0.5) is 0 Å². The average Bonchev–Trinajstić information content (AvgIpc) is 2.39. The molecule has 0 aromatic heterocycles. The molecule has 1 N–H and O–H groups in total. The second-order valence-corrected chi connectivity index (χ2v) is 4.11. The number of aliphatic hydroxyl groups excluding tert-OH is 1. The number of hydrogen-bond donors (Lipinski definition) is 1. The summed E-state index contributed by atoms with van der Waals surface area (Å²) in [6.07, 6.45) is 6.65. The van der Waals surface area contributed by atoms with Crippen molar-refractivity contribution in [2.24, 2.45) is 5.92 Å². The van der Waals surface area contributed by atoms with E-state index in [1.165, 1.54) is 19.3 Å². The molecule has 1 saturated carbocycles. The second kappa shape index (κ2) is 5.38. The van der Waals surface area contributed by atoms with E-state index >= 15 is 0 Å². The molecule has 0 aliphatic heterocycles. The van der Waals surface area contributed by atoms with E-state index in [4.69, 9.17) is 0 Å². The number of unbranched alkanes of at least 4 members (excludes halogenated alkanes) is 3. The number of hydrogen-bond acceptors (Lipinski definition) is 2. The minimum Gasteiger partial charge on any atom is -0.393 e. The van der Waals surface area contributed by atoms with Crippen molar-refractivity contribution in [1.29, 1.82) is 0 Å². The third kappa shape index (κ3) is 3.47. The molecule has 76 valence electrons. The third-order valence-corrected chi connectivity index (χ3v) is 2.85. The summed E-state index contributed by atoms with van der Waals surface area (Å²) in [5, 5.41) is 9.25. The smallest absolute Gasteiger partial charge is 0.138 e. The minimum absolute atomic E-state index is 0.173. The average molecular weight is 184 g/mol. The first kappa shape index (κ1) is 10.7. The van der Waals surface area contributed by atoms with Gasteiger partial charge < -0.3 is 5.11 Å². The van der Waals surface area contributed by atoms with Crippen LogP contribution in [-0.2, 0) is 4.79 Å². The van der Waals surface area contributed by atoms with Gasteiger partial charge in [0.05, 0.1) is 6.10 Å². The van der Waals surface area contributed by atoms with Crippen molar-refractivity contribution in [1.82, 2.24) is 0 Å². The van der Waals surface area contributed by atoms with Gasteiger partial charge in [0.2, 0.25) is 0 Å². The molecule has 2 atom stereocenters. The zero-order valence-electron chi connectivity index (χ0n) is 8.46. The molecule has 1 rings (SSSR count). The van der Waals surface area contributed by atoms with E-state index in [0.29, 0.717) is 12.8 Å². The Morgan fingerprint density at radius 1 is 1.38 bits per heavy atom. The van der Waals surface area contributed by atoms with Gasteiger partial charge in [-0.05, 0) is 12.8 Å². The Morgan fingerprint density at radius 2 is 2.15 bits per heavy atom.